The maximum Gasteiger partial charge on any atom is 0.256 e. The molecule has 0 radical (unpaired) electrons. The Bertz CT molecular complexity index is 518. The lowest BCUT2D eigenvalue weighted by atomic mass is 10.1. The fourth-order valence-corrected chi connectivity index (χ4v) is 1.68. The van der Waals surface area contributed by atoms with E-state index in [0.29, 0.717) is 30.2 Å². The molecule has 0 saturated heterocycles. The van der Waals surface area contributed by atoms with Crippen LogP contribution >= 0.6 is 0 Å². The van der Waals surface area contributed by atoms with E-state index in [-0.39, 0.29) is 5.91 Å². The van der Waals surface area contributed by atoms with E-state index in [1.54, 1.807) is 32.0 Å². The SMILES string of the molecule is CCOc1ccc(NC(=O)C(C)(C)OCC)c(C#N)c1. The van der Waals surface area contributed by atoms with E-state index in [1.165, 1.54) is 0 Å². The Morgan fingerprint density at radius 1 is 1.35 bits per heavy atom. The van der Waals surface area contributed by atoms with Gasteiger partial charge in [-0.1, -0.05) is 0 Å². The van der Waals surface area contributed by atoms with Crippen molar-refractivity contribution in [3.63, 3.8) is 0 Å². The average Bonchev–Trinajstić information content (AvgIpc) is 2.40. The first-order chi connectivity index (χ1) is 9.44. The van der Waals surface area contributed by atoms with Gasteiger partial charge in [0.15, 0.2) is 0 Å². The summed E-state index contributed by atoms with van der Waals surface area (Å²) in [6.07, 6.45) is 0. The van der Waals surface area contributed by atoms with Crippen LogP contribution in [0.5, 0.6) is 5.75 Å². The normalized spacial score (nSPS) is 10.8. The van der Waals surface area contributed by atoms with E-state index in [1.807, 2.05) is 19.9 Å². The summed E-state index contributed by atoms with van der Waals surface area (Å²) in [5, 5.41) is 11.9. The maximum atomic E-state index is 12.1. The molecule has 0 aliphatic rings. The zero-order chi connectivity index (χ0) is 15.2. The van der Waals surface area contributed by atoms with Crippen molar-refractivity contribution in [1.29, 1.82) is 5.26 Å². The van der Waals surface area contributed by atoms with Crippen molar-refractivity contribution in [2.24, 2.45) is 0 Å². The number of carbonyl (C=O) groups is 1. The predicted molar refractivity (Wildman–Crippen MR) is 76.7 cm³/mol. The molecule has 1 N–H and O–H groups in total. The largest absolute Gasteiger partial charge is 0.494 e. The lowest BCUT2D eigenvalue weighted by Crippen LogP contribution is -2.40. The van der Waals surface area contributed by atoms with Gasteiger partial charge in [0.1, 0.15) is 17.4 Å². The highest BCUT2D eigenvalue weighted by Gasteiger charge is 2.28. The van der Waals surface area contributed by atoms with E-state index in [4.69, 9.17) is 14.7 Å². The van der Waals surface area contributed by atoms with Crippen molar-refractivity contribution in [1.82, 2.24) is 0 Å². The molecular weight excluding hydrogens is 256 g/mol. The monoisotopic (exact) mass is 276 g/mol. The summed E-state index contributed by atoms with van der Waals surface area (Å²) in [7, 11) is 0. The van der Waals surface area contributed by atoms with Crippen molar-refractivity contribution in [2.75, 3.05) is 18.5 Å². The first-order valence-corrected chi connectivity index (χ1v) is 6.57. The minimum Gasteiger partial charge on any atom is -0.494 e. The molecule has 5 nitrogen and oxygen atoms in total. The van der Waals surface area contributed by atoms with Gasteiger partial charge < -0.3 is 14.8 Å². The van der Waals surface area contributed by atoms with Gasteiger partial charge in [-0.2, -0.15) is 5.26 Å². The van der Waals surface area contributed by atoms with Crippen LogP contribution in [0.2, 0.25) is 0 Å². The van der Waals surface area contributed by atoms with Gasteiger partial charge in [0.05, 0.1) is 17.9 Å². The smallest absolute Gasteiger partial charge is 0.256 e. The van der Waals surface area contributed by atoms with Crippen LogP contribution in [0.4, 0.5) is 5.69 Å². The number of nitrogens with zero attached hydrogens (tertiary/aromatic N) is 1. The molecule has 0 heterocycles. The molecule has 1 amide bonds. The molecule has 1 rings (SSSR count). The molecule has 0 atom stereocenters. The molecule has 0 aliphatic carbocycles. The Balaban J connectivity index is 2.93. The molecule has 20 heavy (non-hydrogen) atoms. The number of nitrogens with one attached hydrogen (secondary N) is 1. The second kappa shape index (κ2) is 6.92. The number of rotatable bonds is 6. The summed E-state index contributed by atoms with van der Waals surface area (Å²) in [5.74, 6) is 0.311. The number of hydrogen-bond donors (Lipinski definition) is 1. The zero-order valence-electron chi connectivity index (χ0n) is 12.3. The third-order valence-corrected chi connectivity index (χ3v) is 2.72. The number of ether oxygens (including phenoxy) is 2. The molecule has 0 saturated carbocycles. The average molecular weight is 276 g/mol. The molecular formula is C15H20N2O3. The van der Waals surface area contributed by atoms with Gasteiger partial charge in [-0.3, -0.25) is 4.79 Å². The number of hydrogen-bond acceptors (Lipinski definition) is 4. The van der Waals surface area contributed by atoms with Crippen molar-refractivity contribution in [2.45, 2.75) is 33.3 Å². The first kappa shape index (κ1) is 16.0. The molecule has 108 valence electrons. The van der Waals surface area contributed by atoms with Gasteiger partial charge >= 0.3 is 0 Å². The molecule has 0 fully saturated rings. The lowest BCUT2D eigenvalue weighted by Gasteiger charge is -2.23. The molecule has 0 bridgehead atoms. The summed E-state index contributed by atoms with van der Waals surface area (Å²) in [6.45, 7) is 8.03. The van der Waals surface area contributed by atoms with Crippen molar-refractivity contribution in [3.8, 4) is 11.8 Å². The minimum atomic E-state index is -0.944. The number of carbonyl (C=O) groups excluding carboxylic acids is 1. The molecule has 0 aliphatic heterocycles. The van der Waals surface area contributed by atoms with Crippen molar-refractivity contribution >= 4 is 11.6 Å². The highest BCUT2D eigenvalue weighted by atomic mass is 16.5. The van der Waals surface area contributed by atoms with Gasteiger partial charge in [0.25, 0.3) is 5.91 Å². The van der Waals surface area contributed by atoms with Crippen LogP contribution in [0.25, 0.3) is 0 Å². The van der Waals surface area contributed by atoms with Crippen LogP contribution in [-0.4, -0.2) is 24.7 Å². The van der Waals surface area contributed by atoms with Gasteiger partial charge in [-0.05, 0) is 45.9 Å². The Labute approximate surface area is 119 Å². The van der Waals surface area contributed by atoms with Crippen molar-refractivity contribution < 1.29 is 14.3 Å². The molecule has 5 heteroatoms. The predicted octanol–water partition coefficient (Wildman–Crippen LogP) is 2.71. The zero-order valence-corrected chi connectivity index (χ0v) is 12.3. The third kappa shape index (κ3) is 3.97. The topological polar surface area (TPSA) is 71.3 Å². The fraction of sp³-hybridized carbons (Fsp3) is 0.467. The van der Waals surface area contributed by atoms with Crippen LogP contribution in [0.15, 0.2) is 18.2 Å². The second-order valence-electron chi connectivity index (χ2n) is 4.65. The van der Waals surface area contributed by atoms with Gasteiger partial charge in [0.2, 0.25) is 0 Å². The Morgan fingerprint density at radius 3 is 2.60 bits per heavy atom. The van der Waals surface area contributed by atoms with Crippen molar-refractivity contribution in [3.05, 3.63) is 23.8 Å². The van der Waals surface area contributed by atoms with Gasteiger partial charge in [-0.15, -0.1) is 0 Å². The molecule has 1 aromatic carbocycles. The van der Waals surface area contributed by atoms with E-state index in [0.717, 1.165) is 0 Å². The highest BCUT2D eigenvalue weighted by Crippen LogP contribution is 2.23. The number of nitriles is 1. The summed E-state index contributed by atoms with van der Waals surface area (Å²) in [4.78, 5) is 12.1. The third-order valence-electron chi connectivity index (χ3n) is 2.72. The Kier molecular flexibility index (Phi) is 5.53. The molecule has 0 aromatic heterocycles. The van der Waals surface area contributed by atoms with Gasteiger partial charge in [0, 0.05) is 6.61 Å². The van der Waals surface area contributed by atoms with Gasteiger partial charge in [-0.25, -0.2) is 0 Å². The quantitative estimate of drug-likeness (QED) is 0.867. The molecule has 0 spiro atoms. The van der Waals surface area contributed by atoms with Crippen LogP contribution in [-0.2, 0) is 9.53 Å². The fourth-order valence-electron chi connectivity index (χ4n) is 1.68. The number of anilines is 1. The molecule has 1 aromatic rings. The first-order valence-electron chi connectivity index (χ1n) is 6.57. The summed E-state index contributed by atoms with van der Waals surface area (Å²) in [5.41, 5.74) is -0.134. The number of benzene rings is 1. The van der Waals surface area contributed by atoms with Crippen LogP contribution in [0.3, 0.4) is 0 Å². The number of amides is 1. The summed E-state index contributed by atoms with van der Waals surface area (Å²) >= 11 is 0. The van der Waals surface area contributed by atoms with E-state index < -0.39 is 5.60 Å². The Morgan fingerprint density at radius 2 is 2.05 bits per heavy atom. The van der Waals surface area contributed by atoms with E-state index in [9.17, 15) is 4.79 Å². The standard InChI is InChI=1S/C15H20N2O3/c1-5-19-12-7-8-13(11(9-12)10-16)17-14(18)15(3,4)20-6-2/h7-9H,5-6H2,1-4H3,(H,17,18). The van der Waals surface area contributed by atoms with E-state index >= 15 is 0 Å². The molecule has 0 unspecified atom stereocenters. The Hall–Kier alpha value is -2.06. The van der Waals surface area contributed by atoms with Crippen LogP contribution in [0, 0.1) is 11.3 Å². The van der Waals surface area contributed by atoms with E-state index in [2.05, 4.69) is 5.32 Å². The second-order valence-corrected chi connectivity index (χ2v) is 4.65. The minimum absolute atomic E-state index is 0.292. The lowest BCUT2D eigenvalue weighted by molar-refractivity contribution is -0.136. The highest BCUT2D eigenvalue weighted by molar-refractivity contribution is 5.97. The maximum absolute atomic E-state index is 12.1. The summed E-state index contributed by atoms with van der Waals surface area (Å²) < 4.78 is 10.7. The summed E-state index contributed by atoms with van der Waals surface area (Å²) in [6, 6.07) is 7.02. The van der Waals surface area contributed by atoms with Crippen LogP contribution in [0.1, 0.15) is 33.3 Å². The van der Waals surface area contributed by atoms with Crippen LogP contribution < -0.4 is 10.1 Å².